The number of aromatic hydroxyl groups is 1. The second kappa shape index (κ2) is 6.30. The Balaban J connectivity index is 0.00000243. The van der Waals surface area contributed by atoms with Crippen molar-refractivity contribution < 1.29 is 15.0 Å². The van der Waals surface area contributed by atoms with Gasteiger partial charge in [-0.15, -0.1) is 5.11 Å². The second-order valence-corrected chi connectivity index (χ2v) is 7.55. The van der Waals surface area contributed by atoms with Gasteiger partial charge in [0.2, 0.25) is 15.9 Å². The molecule has 0 atom stereocenters. The van der Waals surface area contributed by atoms with E-state index in [0.717, 1.165) is 16.5 Å². The molecule has 0 radical (unpaired) electrons. The van der Waals surface area contributed by atoms with E-state index in [2.05, 4.69) is 29.1 Å². The Hall–Kier alpha value is -2.71. The SMILES string of the molecule is CC(C)c1cccc2[nH]c(O)c(N=Nc3ccc(S(N)(=O)=O)cc3)c12.[HH]. The molecule has 132 valence electrons. The third-order valence-electron chi connectivity index (χ3n) is 3.86. The summed E-state index contributed by atoms with van der Waals surface area (Å²) in [5.41, 5.74) is 2.63. The molecule has 0 saturated heterocycles. The van der Waals surface area contributed by atoms with Crippen molar-refractivity contribution in [2.24, 2.45) is 15.4 Å². The third kappa shape index (κ3) is 3.40. The maximum absolute atomic E-state index is 11.3. The number of aromatic amines is 1. The number of rotatable bonds is 4. The van der Waals surface area contributed by atoms with Gasteiger partial charge in [0.1, 0.15) is 0 Å². The van der Waals surface area contributed by atoms with E-state index in [1.807, 2.05) is 18.2 Å². The number of nitrogens with zero attached hydrogens (tertiary/aromatic N) is 2. The lowest BCUT2D eigenvalue weighted by molar-refractivity contribution is 0.459. The molecule has 25 heavy (non-hydrogen) atoms. The first-order valence-electron chi connectivity index (χ1n) is 7.65. The molecular weight excluding hydrogens is 340 g/mol. The van der Waals surface area contributed by atoms with Crippen LogP contribution in [-0.2, 0) is 10.0 Å². The number of azo groups is 1. The normalized spacial score (nSPS) is 12.5. The van der Waals surface area contributed by atoms with E-state index in [1.165, 1.54) is 24.3 Å². The Labute approximate surface area is 146 Å². The van der Waals surface area contributed by atoms with Crippen molar-refractivity contribution in [1.29, 1.82) is 0 Å². The van der Waals surface area contributed by atoms with Crippen LogP contribution in [0.15, 0.2) is 57.6 Å². The first-order valence-corrected chi connectivity index (χ1v) is 9.20. The first-order chi connectivity index (χ1) is 11.8. The van der Waals surface area contributed by atoms with E-state index in [9.17, 15) is 13.5 Å². The number of primary sulfonamides is 1. The zero-order valence-electron chi connectivity index (χ0n) is 13.8. The van der Waals surface area contributed by atoms with Gasteiger partial charge >= 0.3 is 0 Å². The number of sulfonamides is 1. The van der Waals surface area contributed by atoms with Crippen LogP contribution in [0.4, 0.5) is 11.4 Å². The number of fused-ring (bicyclic) bond motifs is 1. The van der Waals surface area contributed by atoms with Crippen molar-refractivity contribution in [3.63, 3.8) is 0 Å². The molecule has 0 unspecified atom stereocenters. The molecule has 1 heterocycles. The number of nitrogens with two attached hydrogens (primary N) is 1. The average molecular weight is 360 g/mol. The van der Waals surface area contributed by atoms with Crippen LogP contribution in [0.25, 0.3) is 10.9 Å². The smallest absolute Gasteiger partial charge is 0.238 e. The van der Waals surface area contributed by atoms with E-state index in [4.69, 9.17) is 5.14 Å². The third-order valence-corrected chi connectivity index (χ3v) is 4.79. The predicted octanol–water partition coefficient (Wildman–Crippen LogP) is 4.31. The van der Waals surface area contributed by atoms with Crippen LogP contribution in [0, 0.1) is 0 Å². The van der Waals surface area contributed by atoms with Crippen LogP contribution in [-0.4, -0.2) is 18.5 Å². The van der Waals surface area contributed by atoms with Crippen molar-refractivity contribution in [2.45, 2.75) is 24.7 Å². The summed E-state index contributed by atoms with van der Waals surface area (Å²) in [6, 6.07) is 11.5. The molecule has 0 spiro atoms. The average Bonchev–Trinajstić information content (AvgIpc) is 2.87. The summed E-state index contributed by atoms with van der Waals surface area (Å²) in [5, 5.41) is 24.3. The molecule has 0 aliphatic carbocycles. The number of H-pyrrole nitrogens is 1. The largest absolute Gasteiger partial charge is 0.493 e. The minimum absolute atomic E-state index is 0. The number of nitrogens with one attached hydrogen (secondary N) is 1. The molecule has 1 aromatic heterocycles. The number of hydrogen-bond acceptors (Lipinski definition) is 5. The maximum atomic E-state index is 11.3. The highest BCUT2D eigenvalue weighted by Crippen LogP contribution is 2.40. The Morgan fingerprint density at radius 2 is 1.80 bits per heavy atom. The van der Waals surface area contributed by atoms with Gasteiger partial charge in [-0.05, 0) is 41.8 Å². The molecular formula is C17H20N4O3S. The molecule has 0 aliphatic rings. The number of benzene rings is 2. The first kappa shape index (κ1) is 17.1. The lowest BCUT2D eigenvalue weighted by Crippen LogP contribution is -2.11. The monoisotopic (exact) mass is 360 g/mol. The summed E-state index contributed by atoms with van der Waals surface area (Å²) in [7, 11) is -3.75. The van der Waals surface area contributed by atoms with Gasteiger partial charge in [-0.3, -0.25) is 0 Å². The van der Waals surface area contributed by atoms with Gasteiger partial charge in [0.05, 0.1) is 16.1 Å². The topological polar surface area (TPSA) is 121 Å². The molecule has 4 N–H and O–H groups in total. The summed E-state index contributed by atoms with van der Waals surface area (Å²) in [5.74, 6) is 0.190. The molecule has 2 aromatic carbocycles. The number of hydrogen-bond donors (Lipinski definition) is 3. The lowest BCUT2D eigenvalue weighted by atomic mass is 9.99. The maximum Gasteiger partial charge on any atom is 0.238 e. The van der Waals surface area contributed by atoms with Crippen molar-refractivity contribution in [3.8, 4) is 5.88 Å². The minimum Gasteiger partial charge on any atom is -0.493 e. The summed E-state index contributed by atoms with van der Waals surface area (Å²) < 4.78 is 22.5. The molecule has 0 amide bonds. The highest BCUT2D eigenvalue weighted by atomic mass is 32.2. The summed E-state index contributed by atoms with van der Waals surface area (Å²) in [6.45, 7) is 4.12. The number of aromatic nitrogens is 1. The molecule has 3 aromatic rings. The van der Waals surface area contributed by atoms with Gasteiger partial charge in [0.15, 0.2) is 5.69 Å². The Bertz CT molecular complexity index is 1060. The van der Waals surface area contributed by atoms with Crippen molar-refractivity contribution in [3.05, 3.63) is 48.0 Å². The van der Waals surface area contributed by atoms with Crippen molar-refractivity contribution in [2.75, 3.05) is 0 Å². The Morgan fingerprint density at radius 1 is 1.12 bits per heavy atom. The highest BCUT2D eigenvalue weighted by Gasteiger charge is 2.16. The van der Waals surface area contributed by atoms with E-state index in [-0.39, 0.29) is 18.1 Å². The fourth-order valence-corrected chi connectivity index (χ4v) is 3.15. The van der Waals surface area contributed by atoms with Crippen LogP contribution < -0.4 is 5.14 Å². The standard InChI is InChI=1S/C17H18N4O3S.H2/c1-10(2)13-4-3-5-14-15(13)16(17(22)19-14)21-20-11-6-8-12(9-7-11)25(18,23)24;/h3-10,19,22H,1-2H3,(H2,18,23,24);1H. The summed E-state index contributed by atoms with van der Waals surface area (Å²) in [4.78, 5) is 2.90. The zero-order valence-corrected chi connectivity index (χ0v) is 14.6. The molecule has 0 bridgehead atoms. The van der Waals surface area contributed by atoms with E-state index in [1.54, 1.807) is 0 Å². The van der Waals surface area contributed by atoms with Crippen LogP contribution in [0.5, 0.6) is 5.88 Å². The van der Waals surface area contributed by atoms with Crippen LogP contribution in [0.1, 0.15) is 26.8 Å². The molecule has 0 fully saturated rings. The van der Waals surface area contributed by atoms with Crippen LogP contribution in [0.2, 0.25) is 0 Å². The molecule has 8 heteroatoms. The zero-order chi connectivity index (χ0) is 18.2. The molecule has 0 saturated carbocycles. The summed E-state index contributed by atoms with van der Waals surface area (Å²) >= 11 is 0. The quantitative estimate of drug-likeness (QED) is 0.601. The second-order valence-electron chi connectivity index (χ2n) is 5.99. The summed E-state index contributed by atoms with van der Waals surface area (Å²) in [6.07, 6.45) is 0. The van der Waals surface area contributed by atoms with Gasteiger partial charge in [0, 0.05) is 6.81 Å². The Kier molecular flexibility index (Phi) is 4.32. The molecule has 3 rings (SSSR count). The molecule has 7 nitrogen and oxygen atoms in total. The fourth-order valence-electron chi connectivity index (χ4n) is 2.63. The van der Waals surface area contributed by atoms with Crippen molar-refractivity contribution in [1.82, 2.24) is 4.98 Å². The van der Waals surface area contributed by atoms with Gasteiger partial charge < -0.3 is 10.1 Å². The van der Waals surface area contributed by atoms with Gasteiger partial charge in [-0.25, -0.2) is 13.6 Å². The fraction of sp³-hybridized carbons (Fsp3) is 0.176. The van der Waals surface area contributed by atoms with E-state index >= 15 is 0 Å². The highest BCUT2D eigenvalue weighted by molar-refractivity contribution is 7.89. The van der Waals surface area contributed by atoms with Crippen LogP contribution in [0.3, 0.4) is 0 Å². The van der Waals surface area contributed by atoms with E-state index in [0.29, 0.717) is 11.4 Å². The van der Waals surface area contributed by atoms with Gasteiger partial charge in [-0.1, -0.05) is 26.0 Å². The van der Waals surface area contributed by atoms with Gasteiger partial charge in [0.25, 0.3) is 0 Å². The Morgan fingerprint density at radius 3 is 2.40 bits per heavy atom. The van der Waals surface area contributed by atoms with Crippen LogP contribution >= 0.6 is 0 Å². The lowest BCUT2D eigenvalue weighted by Gasteiger charge is -2.07. The minimum atomic E-state index is -3.75. The molecule has 0 aliphatic heterocycles. The van der Waals surface area contributed by atoms with E-state index < -0.39 is 10.0 Å². The van der Waals surface area contributed by atoms with Crippen molar-refractivity contribution >= 4 is 32.3 Å². The van der Waals surface area contributed by atoms with Gasteiger partial charge in [-0.2, -0.15) is 5.11 Å². The predicted molar refractivity (Wildman–Crippen MR) is 98.2 cm³/mol.